The fourth-order valence-electron chi connectivity index (χ4n) is 2.41. The van der Waals surface area contributed by atoms with Gasteiger partial charge in [0.25, 0.3) is 0 Å². The third-order valence-corrected chi connectivity index (χ3v) is 3.89. The topological polar surface area (TPSA) is 53.9 Å². The molecule has 0 aromatic heterocycles. The summed E-state index contributed by atoms with van der Waals surface area (Å²) >= 11 is 0. The number of hydrogen-bond donors (Lipinski definition) is 1. The van der Waals surface area contributed by atoms with Gasteiger partial charge in [0.15, 0.2) is 0 Å². The van der Waals surface area contributed by atoms with Crippen LogP contribution in [0.4, 0.5) is 16.2 Å². The molecule has 0 atom stereocenters. The van der Waals surface area contributed by atoms with E-state index in [2.05, 4.69) is 10.3 Å². The number of aliphatic imine (C=N–C) groups is 1. The molecule has 1 aliphatic rings. The number of carbonyl (C=O) groups is 1. The van der Waals surface area contributed by atoms with Crippen molar-refractivity contribution in [2.45, 2.75) is 38.7 Å². The monoisotopic (exact) mass is 325 g/mol. The number of rotatable bonds is 3. The Kier molecular flexibility index (Phi) is 7.18. The predicted octanol–water partition coefficient (Wildman–Crippen LogP) is 4.08. The first-order valence-electron chi connectivity index (χ1n) is 7.35. The van der Waals surface area contributed by atoms with Crippen molar-refractivity contribution in [3.8, 4) is 0 Å². The van der Waals surface area contributed by atoms with Gasteiger partial charge >= 0.3 is 6.09 Å². The molecule has 0 radical (unpaired) electrons. The molecular formula is C16H24ClN3O2. The molecule has 0 saturated heterocycles. The van der Waals surface area contributed by atoms with Gasteiger partial charge in [-0.1, -0.05) is 0 Å². The molecule has 1 fully saturated rings. The summed E-state index contributed by atoms with van der Waals surface area (Å²) in [4.78, 5) is 17.9. The minimum Gasteiger partial charge on any atom is -0.446 e. The second-order valence-corrected chi connectivity index (χ2v) is 5.31. The van der Waals surface area contributed by atoms with Gasteiger partial charge in [-0.2, -0.15) is 0 Å². The van der Waals surface area contributed by atoms with Gasteiger partial charge in [-0.3, -0.25) is 10.3 Å². The Hall–Kier alpha value is -1.75. The van der Waals surface area contributed by atoms with E-state index >= 15 is 0 Å². The summed E-state index contributed by atoms with van der Waals surface area (Å²) < 4.78 is 5.37. The number of nitrogens with zero attached hydrogens (tertiary/aromatic N) is 2. The number of halogens is 1. The van der Waals surface area contributed by atoms with E-state index in [0.29, 0.717) is 0 Å². The lowest BCUT2D eigenvalue weighted by molar-refractivity contribution is 0.114. The van der Waals surface area contributed by atoms with Crippen molar-refractivity contribution >= 4 is 35.7 Å². The summed E-state index contributed by atoms with van der Waals surface area (Å²) in [6.45, 7) is 1.95. The van der Waals surface area contributed by atoms with Crippen LogP contribution in [0.1, 0.15) is 32.6 Å². The van der Waals surface area contributed by atoms with Gasteiger partial charge in [0.05, 0.1) is 5.84 Å². The maximum atomic E-state index is 11.8. The molecule has 0 aliphatic heterocycles. The van der Waals surface area contributed by atoms with Crippen molar-refractivity contribution in [1.82, 2.24) is 0 Å². The van der Waals surface area contributed by atoms with Gasteiger partial charge in [-0.05, 0) is 56.9 Å². The molecule has 122 valence electrons. The SMILES string of the molecule is CN=C(C)N(C)c1ccc(NC(=O)OC2CCCC2)cc1.Cl. The average Bonchev–Trinajstić information content (AvgIpc) is 2.99. The quantitative estimate of drug-likeness (QED) is 0.673. The van der Waals surface area contributed by atoms with Crippen LogP contribution in [-0.2, 0) is 4.74 Å². The van der Waals surface area contributed by atoms with Crippen LogP contribution in [-0.4, -0.2) is 32.1 Å². The van der Waals surface area contributed by atoms with Gasteiger partial charge in [0.1, 0.15) is 6.10 Å². The van der Waals surface area contributed by atoms with E-state index in [0.717, 1.165) is 42.9 Å². The van der Waals surface area contributed by atoms with Crippen LogP contribution in [0.3, 0.4) is 0 Å². The molecule has 2 rings (SSSR count). The Balaban J connectivity index is 0.00000242. The number of benzene rings is 1. The van der Waals surface area contributed by atoms with Crippen molar-refractivity contribution in [3.05, 3.63) is 24.3 Å². The highest BCUT2D eigenvalue weighted by Crippen LogP contribution is 2.22. The summed E-state index contributed by atoms with van der Waals surface area (Å²) in [6.07, 6.45) is 3.97. The number of ether oxygens (including phenoxy) is 1. The summed E-state index contributed by atoms with van der Waals surface area (Å²) in [7, 11) is 3.72. The Morgan fingerprint density at radius 3 is 2.41 bits per heavy atom. The first kappa shape index (κ1) is 18.3. The van der Waals surface area contributed by atoms with E-state index < -0.39 is 0 Å². The highest BCUT2D eigenvalue weighted by Gasteiger charge is 2.19. The zero-order valence-electron chi connectivity index (χ0n) is 13.3. The van der Waals surface area contributed by atoms with Crippen molar-refractivity contribution in [2.75, 3.05) is 24.3 Å². The molecule has 1 saturated carbocycles. The molecule has 1 aliphatic carbocycles. The van der Waals surface area contributed by atoms with E-state index in [-0.39, 0.29) is 24.6 Å². The highest BCUT2D eigenvalue weighted by atomic mass is 35.5. The fourth-order valence-corrected chi connectivity index (χ4v) is 2.41. The lowest BCUT2D eigenvalue weighted by atomic mass is 10.2. The maximum Gasteiger partial charge on any atom is 0.411 e. The van der Waals surface area contributed by atoms with Crippen molar-refractivity contribution in [3.63, 3.8) is 0 Å². The van der Waals surface area contributed by atoms with Crippen LogP contribution in [0.2, 0.25) is 0 Å². The normalized spacial score (nSPS) is 15.1. The summed E-state index contributed by atoms with van der Waals surface area (Å²) in [5, 5.41) is 2.77. The minimum atomic E-state index is -0.366. The lowest BCUT2D eigenvalue weighted by Crippen LogP contribution is -2.23. The molecule has 1 aromatic rings. The molecule has 1 aromatic carbocycles. The summed E-state index contributed by atoms with van der Waals surface area (Å²) in [6, 6.07) is 7.62. The number of anilines is 2. The van der Waals surface area contributed by atoms with Crippen LogP contribution in [0.5, 0.6) is 0 Å². The van der Waals surface area contributed by atoms with E-state index in [1.165, 1.54) is 0 Å². The van der Waals surface area contributed by atoms with Crippen molar-refractivity contribution in [1.29, 1.82) is 0 Å². The predicted molar refractivity (Wildman–Crippen MR) is 93.5 cm³/mol. The molecule has 0 unspecified atom stereocenters. The Labute approximate surface area is 138 Å². The van der Waals surface area contributed by atoms with Crippen molar-refractivity contribution in [2.24, 2.45) is 4.99 Å². The molecule has 1 N–H and O–H groups in total. The van der Waals surface area contributed by atoms with Gasteiger partial charge in [0.2, 0.25) is 0 Å². The number of hydrogen-bond acceptors (Lipinski definition) is 3. The summed E-state index contributed by atoms with van der Waals surface area (Å²) in [5.74, 6) is 0.927. The third-order valence-electron chi connectivity index (χ3n) is 3.89. The summed E-state index contributed by atoms with van der Waals surface area (Å²) in [5.41, 5.74) is 1.76. The molecule has 5 nitrogen and oxygen atoms in total. The molecule has 1 amide bonds. The second-order valence-electron chi connectivity index (χ2n) is 5.31. The van der Waals surface area contributed by atoms with Crippen LogP contribution < -0.4 is 10.2 Å². The van der Waals surface area contributed by atoms with Crippen LogP contribution in [0.25, 0.3) is 0 Å². The maximum absolute atomic E-state index is 11.8. The van der Waals surface area contributed by atoms with E-state index in [9.17, 15) is 4.79 Å². The molecule has 0 bridgehead atoms. The van der Waals surface area contributed by atoms with Crippen molar-refractivity contribution < 1.29 is 9.53 Å². The van der Waals surface area contributed by atoms with E-state index in [4.69, 9.17) is 4.74 Å². The fraction of sp³-hybridized carbons (Fsp3) is 0.500. The Morgan fingerprint density at radius 1 is 1.27 bits per heavy atom. The van der Waals surface area contributed by atoms with E-state index in [1.54, 1.807) is 7.05 Å². The Morgan fingerprint density at radius 2 is 1.86 bits per heavy atom. The number of amides is 1. The van der Waals surface area contributed by atoms with Crippen LogP contribution in [0.15, 0.2) is 29.3 Å². The smallest absolute Gasteiger partial charge is 0.411 e. The standard InChI is InChI=1S/C16H23N3O2.ClH/c1-12(17-2)19(3)14-10-8-13(9-11-14)18-16(20)21-15-6-4-5-7-15;/h8-11,15H,4-7H2,1-3H3,(H,18,20);1H. The molecule has 0 spiro atoms. The first-order valence-corrected chi connectivity index (χ1v) is 7.35. The van der Waals surface area contributed by atoms with Gasteiger partial charge in [0, 0.05) is 25.5 Å². The second kappa shape index (κ2) is 8.63. The number of nitrogens with one attached hydrogen (secondary N) is 1. The Bertz CT molecular complexity index is 511. The van der Waals surface area contributed by atoms with Gasteiger partial charge < -0.3 is 9.64 Å². The van der Waals surface area contributed by atoms with Gasteiger partial charge in [-0.15, -0.1) is 12.4 Å². The number of carbonyl (C=O) groups excluding carboxylic acids is 1. The third kappa shape index (κ3) is 4.91. The molecule has 0 heterocycles. The molecule has 6 heteroatoms. The molecular weight excluding hydrogens is 302 g/mol. The van der Waals surface area contributed by atoms with Crippen LogP contribution in [0, 0.1) is 0 Å². The zero-order valence-corrected chi connectivity index (χ0v) is 14.2. The zero-order chi connectivity index (χ0) is 15.2. The van der Waals surface area contributed by atoms with Gasteiger partial charge in [-0.25, -0.2) is 4.79 Å². The number of amidine groups is 1. The first-order chi connectivity index (χ1) is 10.1. The lowest BCUT2D eigenvalue weighted by Gasteiger charge is -2.19. The van der Waals surface area contributed by atoms with E-state index in [1.807, 2.05) is 43.1 Å². The minimum absolute atomic E-state index is 0. The highest BCUT2D eigenvalue weighted by molar-refractivity contribution is 5.95. The molecule has 22 heavy (non-hydrogen) atoms. The van der Waals surface area contributed by atoms with Crippen LogP contribution >= 0.6 is 12.4 Å². The largest absolute Gasteiger partial charge is 0.446 e. The average molecular weight is 326 g/mol.